The van der Waals surface area contributed by atoms with Gasteiger partial charge in [0.2, 0.25) is 0 Å². The molecule has 0 bridgehead atoms. The SMILES string of the molecule is c1ccc2occc2c1.c1ccc2sccc2c1.c1ccoc1. The number of furan rings is 2. The van der Waals surface area contributed by atoms with Crippen molar-refractivity contribution in [2.45, 2.75) is 0 Å². The minimum Gasteiger partial charge on any atom is -0.473 e. The molecule has 0 saturated carbocycles. The lowest BCUT2D eigenvalue weighted by molar-refractivity contribution is 0.567. The van der Waals surface area contributed by atoms with Crippen molar-refractivity contribution < 1.29 is 8.83 Å². The molecule has 0 radical (unpaired) electrons. The van der Waals surface area contributed by atoms with Crippen molar-refractivity contribution in [2.75, 3.05) is 0 Å². The standard InChI is InChI=1S/C8H6O.C8H6S.C4H4O/c2*1-2-4-8-7(3-1)5-6-9-8;1-2-4-5-3-1/h2*1-6H;1-4H. The summed E-state index contributed by atoms with van der Waals surface area (Å²) in [4.78, 5) is 0. The summed E-state index contributed by atoms with van der Waals surface area (Å²) in [6.07, 6.45) is 4.95. The van der Waals surface area contributed by atoms with Crippen LogP contribution in [0.3, 0.4) is 0 Å². The van der Waals surface area contributed by atoms with Crippen LogP contribution in [0.2, 0.25) is 0 Å². The summed E-state index contributed by atoms with van der Waals surface area (Å²) in [5.74, 6) is 0. The number of hydrogen-bond donors (Lipinski definition) is 0. The van der Waals surface area contributed by atoms with E-state index in [1.165, 1.54) is 10.1 Å². The van der Waals surface area contributed by atoms with E-state index in [1.54, 1.807) is 30.1 Å². The van der Waals surface area contributed by atoms with E-state index in [9.17, 15) is 0 Å². The smallest absolute Gasteiger partial charge is 0.133 e. The zero-order valence-electron chi connectivity index (χ0n) is 12.5. The molecule has 0 aliphatic carbocycles. The van der Waals surface area contributed by atoms with E-state index in [0.717, 1.165) is 11.0 Å². The zero-order chi connectivity index (χ0) is 15.7. The molecule has 5 aromatic rings. The second kappa shape index (κ2) is 8.01. The van der Waals surface area contributed by atoms with E-state index in [4.69, 9.17) is 4.42 Å². The molecule has 0 fully saturated rings. The highest BCUT2D eigenvalue weighted by Crippen LogP contribution is 2.18. The third-order valence-electron chi connectivity index (χ3n) is 3.15. The van der Waals surface area contributed by atoms with Crippen LogP contribution in [0.25, 0.3) is 21.1 Å². The molecule has 0 N–H and O–H groups in total. The van der Waals surface area contributed by atoms with Gasteiger partial charge in [0.15, 0.2) is 0 Å². The molecule has 3 heterocycles. The van der Waals surface area contributed by atoms with Gasteiger partial charge >= 0.3 is 0 Å². The molecule has 0 aliphatic heterocycles. The molecule has 3 aromatic heterocycles. The predicted molar refractivity (Wildman–Crippen MR) is 96.7 cm³/mol. The molecule has 0 atom stereocenters. The Morgan fingerprint density at radius 2 is 1.35 bits per heavy atom. The summed E-state index contributed by atoms with van der Waals surface area (Å²) in [5, 5.41) is 4.63. The fourth-order valence-electron chi connectivity index (χ4n) is 2.04. The summed E-state index contributed by atoms with van der Waals surface area (Å²) < 4.78 is 11.1. The topological polar surface area (TPSA) is 26.3 Å². The molecule has 0 spiro atoms. The Morgan fingerprint density at radius 1 is 0.609 bits per heavy atom. The van der Waals surface area contributed by atoms with Crippen LogP contribution in [0, 0.1) is 0 Å². The molecule has 0 saturated heterocycles. The molecule has 23 heavy (non-hydrogen) atoms. The van der Waals surface area contributed by atoms with E-state index >= 15 is 0 Å². The van der Waals surface area contributed by atoms with Crippen molar-refractivity contribution in [3.05, 3.63) is 97.0 Å². The fourth-order valence-corrected chi connectivity index (χ4v) is 2.83. The van der Waals surface area contributed by atoms with Crippen LogP contribution in [0.15, 0.2) is 106 Å². The Balaban J connectivity index is 0.000000107. The Hall–Kier alpha value is -2.78. The van der Waals surface area contributed by atoms with Gasteiger partial charge in [0.1, 0.15) is 5.58 Å². The lowest BCUT2D eigenvalue weighted by Crippen LogP contribution is -1.57. The van der Waals surface area contributed by atoms with Gasteiger partial charge in [-0.2, -0.15) is 0 Å². The third-order valence-corrected chi connectivity index (χ3v) is 4.05. The first-order chi connectivity index (χ1) is 11.4. The van der Waals surface area contributed by atoms with Crippen LogP contribution < -0.4 is 0 Å². The van der Waals surface area contributed by atoms with Crippen molar-refractivity contribution in [2.24, 2.45) is 0 Å². The average molecular weight is 320 g/mol. The predicted octanol–water partition coefficient (Wildman–Crippen LogP) is 6.61. The number of benzene rings is 2. The number of thiophene rings is 1. The molecule has 0 amide bonds. The van der Waals surface area contributed by atoms with Crippen LogP contribution in [0.4, 0.5) is 0 Å². The summed E-state index contributed by atoms with van der Waals surface area (Å²) in [6.45, 7) is 0. The largest absolute Gasteiger partial charge is 0.473 e. The van der Waals surface area contributed by atoms with Gasteiger partial charge in [0.25, 0.3) is 0 Å². The highest BCUT2D eigenvalue weighted by atomic mass is 32.1. The first kappa shape index (κ1) is 15.1. The monoisotopic (exact) mass is 320 g/mol. The minimum absolute atomic E-state index is 0.956. The molecule has 2 nitrogen and oxygen atoms in total. The Bertz CT molecular complexity index is 789. The van der Waals surface area contributed by atoms with Gasteiger partial charge in [-0.05, 0) is 47.2 Å². The second-order valence-corrected chi connectivity index (χ2v) is 5.66. The van der Waals surface area contributed by atoms with Gasteiger partial charge in [0.05, 0.1) is 18.8 Å². The summed E-state index contributed by atoms with van der Waals surface area (Å²) >= 11 is 1.79. The van der Waals surface area contributed by atoms with Crippen molar-refractivity contribution in [1.29, 1.82) is 0 Å². The maximum Gasteiger partial charge on any atom is 0.133 e. The minimum atomic E-state index is 0.956. The van der Waals surface area contributed by atoms with Gasteiger partial charge in [-0.15, -0.1) is 11.3 Å². The Labute approximate surface area is 138 Å². The van der Waals surface area contributed by atoms with Gasteiger partial charge < -0.3 is 8.83 Å². The van der Waals surface area contributed by atoms with Crippen molar-refractivity contribution in [1.82, 2.24) is 0 Å². The molecular formula is C20H16O2S. The van der Waals surface area contributed by atoms with Crippen molar-refractivity contribution in [3.8, 4) is 0 Å². The first-order valence-corrected chi connectivity index (χ1v) is 8.13. The first-order valence-electron chi connectivity index (χ1n) is 7.25. The highest BCUT2D eigenvalue weighted by molar-refractivity contribution is 7.17. The average Bonchev–Trinajstić information content (AvgIpc) is 3.37. The molecule has 3 heteroatoms. The van der Waals surface area contributed by atoms with E-state index in [2.05, 4.69) is 40.1 Å². The number of para-hydroxylation sites is 1. The normalized spacial score (nSPS) is 9.74. The molecule has 0 aliphatic rings. The van der Waals surface area contributed by atoms with E-state index in [0.29, 0.717) is 0 Å². The van der Waals surface area contributed by atoms with Crippen LogP contribution in [-0.4, -0.2) is 0 Å². The summed E-state index contributed by atoms with van der Waals surface area (Å²) in [7, 11) is 0. The number of hydrogen-bond acceptors (Lipinski definition) is 3. The molecule has 114 valence electrons. The van der Waals surface area contributed by atoms with Crippen LogP contribution in [-0.2, 0) is 0 Å². The van der Waals surface area contributed by atoms with Gasteiger partial charge in [-0.25, -0.2) is 0 Å². The highest BCUT2D eigenvalue weighted by Gasteiger charge is 1.89. The van der Waals surface area contributed by atoms with Crippen LogP contribution in [0.5, 0.6) is 0 Å². The maximum absolute atomic E-state index is 5.12. The van der Waals surface area contributed by atoms with Gasteiger partial charge in [0, 0.05) is 10.1 Å². The summed E-state index contributed by atoms with van der Waals surface area (Å²) in [6, 6.07) is 24.1. The van der Waals surface area contributed by atoms with E-state index in [1.807, 2.05) is 42.5 Å². The third kappa shape index (κ3) is 4.34. The van der Waals surface area contributed by atoms with E-state index < -0.39 is 0 Å². The van der Waals surface area contributed by atoms with Crippen LogP contribution in [0.1, 0.15) is 0 Å². The van der Waals surface area contributed by atoms with Crippen molar-refractivity contribution >= 4 is 32.4 Å². The zero-order valence-corrected chi connectivity index (χ0v) is 13.3. The Morgan fingerprint density at radius 3 is 2.04 bits per heavy atom. The number of rotatable bonds is 0. The molecule has 0 unspecified atom stereocenters. The molecule has 2 aromatic carbocycles. The van der Waals surface area contributed by atoms with Gasteiger partial charge in [-0.3, -0.25) is 0 Å². The second-order valence-electron chi connectivity index (χ2n) is 4.71. The Kier molecular flexibility index (Phi) is 5.27. The molecular weight excluding hydrogens is 304 g/mol. The van der Waals surface area contributed by atoms with Crippen LogP contribution >= 0.6 is 11.3 Å². The quantitative estimate of drug-likeness (QED) is 0.321. The lowest BCUT2D eigenvalue weighted by atomic mass is 10.3. The van der Waals surface area contributed by atoms with Gasteiger partial charge in [-0.1, -0.05) is 36.4 Å². The molecule has 5 rings (SSSR count). The number of fused-ring (bicyclic) bond motifs is 2. The lowest BCUT2D eigenvalue weighted by Gasteiger charge is -1.82. The maximum atomic E-state index is 5.12. The van der Waals surface area contributed by atoms with Crippen molar-refractivity contribution in [3.63, 3.8) is 0 Å². The fraction of sp³-hybridized carbons (Fsp3) is 0. The summed E-state index contributed by atoms with van der Waals surface area (Å²) in [5.41, 5.74) is 0.956. The van der Waals surface area contributed by atoms with E-state index in [-0.39, 0.29) is 0 Å².